The van der Waals surface area contributed by atoms with Gasteiger partial charge in [0.05, 0.1) is 0 Å². The number of rotatable bonds is 4. The standard InChI is InChI=1S/C17H23N3S/c1-13-8-6-7-11-15(13)12-21-17-19-18-16(20(17)2)14-9-4-3-5-10-14/h6-8,11,14H,3-5,9-10,12H2,1-2H3. The van der Waals surface area contributed by atoms with Crippen molar-refractivity contribution in [3.05, 3.63) is 41.2 Å². The third-order valence-electron chi connectivity index (χ3n) is 4.46. The summed E-state index contributed by atoms with van der Waals surface area (Å²) in [7, 11) is 2.12. The normalized spacial score (nSPS) is 16.3. The molecule has 3 nitrogen and oxygen atoms in total. The van der Waals surface area contributed by atoms with Crippen LogP contribution in [-0.2, 0) is 12.8 Å². The highest BCUT2D eigenvalue weighted by molar-refractivity contribution is 7.98. The molecular weight excluding hydrogens is 278 g/mol. The first-order valence-electron chi connectivity index (χ1n) is 7.82. The molecule has 4 heteroatoms. The second kappa shape index (κ2) is 6.65. The van der Waals surface area contributed by atoms with E-state index in [1.165, 1.54) is 49.1 Å². The Hall–Kier alpha value is -1.29. The number of hydrogen-bond acceptors (Lipinski definition) is 3. The Bertz CT molecular complexity index is 600. The molecule has 1 aliphatic rings. The van der Waals surface area contributed by atoms with E-state index in [1.54, 1.807) is 11.8 Å². The van der Waals surface area contributed by atoms with Crippen LogP contribution in [0.15, 0.2) is 29.4 Å². The van der Waals surface area contributed by atoms with Gasteiger partial charge in [0.25, 0.3) is 0 Å². The molecule has 0 bridgehead atoms. The number of aromatic nitrogens is 3. The summed E-state index contributed by atoms with van der Waals surface area (Å²) in [6, 6.07) is 8.56. The Morgan fingerprint density at radius 2 is 1.90 bits per heavy atom. The number of hydrogen-bond donors (Lipinski definition) is 0. The number of nitrogens with zero attached hydrogens (tertiary/aromatic N) is 3. The van der Waals surface area contributed by atoms with Gasteiger partial charge in [-0.05, 0) is 30.9 Å². The molecule has 1 aromatic heterocycles. The van der Waals surface area contributed by atoms with E-state index < -0.39 is 0 Å². The fourth-order valence-electron chi connectivity index (χ4n) is 3.08. The third-order valence-corrected chi connectivity index (χ3v) is 5.53. The van der Waals surface area contributed by atoms with Crippen LogP contribution in [0.3, 0.4) is 0 Å². The molecule has 0 spiro atoms. The molecule has 0 amide bonds. The lowest BCUT2D eigenvalue weighted by atomic mass is 9.89. The van der Waals surface area contributed by atoms with E-state index in [2.05, 4.69) is 53.0 Å². The predicted octanol–water partition coefficient (Wildman–Crippen LogP) is 4.46. The minimum absolute atomic E-state index is 0.615. The van der Waals surface area contributed by atoms with Crippen molar-refractivity contribution in [2.24, 2.45) is 7.05 Å². The highest BCUT2D eigenvalue weighted by atomic mass is 32.2. The summed E-state index contributed by atoms with van der Waals surface area (Å²) in [5.41, 5.74) is 2.73. The van der Waals surface area contributed by atoms with Gasteiger partial charge >= 0.3 is 0 Å². The van der Waals surface area contributed by atoms with Crippen LogP contribution in [0.1, 0.15) is 55.0 Å². The van der Waals surface area contributed by atoms with E-state index in [0.29, 0.717) is 5.92 Å². The maximum absolute atomic E-state index is 4.47. The van der Waals surface area contributed by atoms with Crippen LogP contribution >= 0.6 is 11.8 Å². The van der Waals surface area contributed by atoms with Gasteiger partial charge in [0.15, 0.2) is 5.16 Å². The quantitative estimate of drug-likeness (QED) is 0.781. The lowest BCUT2D eigenvalue weighted by Gasteiger charge is -2.20. The van der Waals surface area contributed by atoms with Crippen LogP contribution in [0, 0.1) is 6.92 Å². The summed E-state index contributed by atoms with van der Waals surface area (Å²) in [5, 5.41) is 9.92. The van der Waals surface area contributed by atoms with E-state index in [9.17, 15) is 0 Å². The minimum atomic E-state index is 0.615. The molecule has 1 saturated carbocycles. The minimum Gasteiger partial charge on any atom is -0.309 e. The number of thioether (sulfide) groups is 1. The molecule has 112 valence electrons. The van der Waals surface area contributed by atoms with Gasteiger partial charge in [-0.1, -0.05) is 55.3 Å². The highest BCUT2D eigenvalue weighted by Crippen LogP contribution is 2.33. The van der Waals surface area contributed by atoms with Crippen LogP contribution in [-0.4, -0.2) is 14.8 Å². The average molecular weight is 301 g/mol. The zero-order valence-corrected chi connectivity index (χ0v) is 13.7. The maximum Gasteiger partial charge on any atom is 0.191 e. The van der Waals surface area contributed by atoms with Crippen molar-refractivity contribution in [3.8, 4) is 0 Å². The van der Waals surface area contributed by atoms with Gasteiger partial charge in [0, 0.05) is 18.7 Å². The van der Waals surface area contributed by atoms with Crippen molar-refractivity contribution in [2.75, 3.05) is 0 Å². The molecule has 3 rings (SSSR count). The van der Waals surface area contributed by atoms with Crippen LogP contribution in [0.25, 0.3) is 0 Å². The smallest absolute Gasteiger partial charge is 0.191 e. The number of benzene rings is 1. The van der Waals surface area contributed by atoms with Gasteiger partial charge in [0.2, 0.25) is 0 Å². The van der Waals surface area contributed by atoms with Crippen molar-refractivity contribution in [3.63, 3.8) is 0 Å². The molecule has 2 aromatic rings. The average Bonchev–Trinajstić information content (AvgIpc) is 2.88. The van der Waals surface area contributed by atoms with Crippen molar-refractivity contribution < 1.29 is 0 Å². The SMILES string of the molecule is Cc1ccccc1CSc1nnc(C2CCCCC2)n1C. The van der Waals surface area contributed by atoms with Gasteiger partial charge in [-0.25, -0.2) is 0 Å². The molecule has 0 N–H and O–H groups in total. The van der Waals surface area contributed by atoms with Crippen molar-refractivity contribution in [2.45, 2.75) is 55.9 Å². The molecule has 0 atom stereocenters. The molecule has 0 aliphatic heterocycles. The van der Waals surface area contributed by atoms with Crippen molar-refractivity contribution >= 4 is 11.8 Å². The lowest BCUT2D eigenvalue weighted by Crippen LogP contribution is -2.10. The summed E-state index contributed by atoms with van der Waals surface area (Å²) in [6.07, 6.45) is 6.60. The highest BCUT2D eigenvalue weighted by Gasteiger charge is 2.21. The summed E-state index contributed by atoms with van der Waals surface area (Å²) in [6.45, 7) is 2.17. The predicted molar refractivity (Wildman–Crippen MR) is 87.6 cm³/mol. The van der Waals surface area contributed by atoms with Crippen molar-refractivity contribution in [1.82, 2.24) is 14.8 Å². The van der Waals surface area contributed by atoms with Crippen LogP contribution in [0.2, 0.25) is 0 Å². The molecule has 1 fully saturated rings. The van der Waals surface area contributed by atoms with Crippen LogP contribution in [0.5, 0.6) is 0 Å². The monoisotopic (exact) mass is 301 g/mol. The van der Waals surface area contributed by atoms with Crippen LogP contribution < -0.4 is 0 Å². The second-order valence-electron chi connectivity index (χ2n) is 5.95. The third kappa shape index (κ3) is 3.31. The molecule has 1 aliphatic carbocycles. The summed E-state index contributed by atoms with van der Waals surface area (Å²) in [5.74, 6) is 2.76. The van der Waals surface area contributed by atoms with E-state index in [-0.39, 0.29) is 0 Å². The van der Waals surface area contributed by atoms with Crippen LogP contribution in [0.4, 0.5) is 0 Å². The lowest BCUT2D eigenvalue weighted by molar-refractivity contribution is 0.418. The Labute approximate surface area is 131 Å². The zero-order valence-electron chi connectivity index (χ0n) is 12.9. The Kier molecular flexibility index (Phi) is 4.63. The molecule has 21 heavy (non-hydrogen) atoms. The summed E-state index contributed by atoms with van der Waals surface area (Å²) < 4.78 is 2.21. The van der Waals surface area contributed by atoms with Gasteiger partial charge < -0.3 is 4.57 Å². The first-order chi connectivity index (χ1) is 10.3. The van der Waals surface area contributed by atoms with Crippen molar-refractivity contribution in [1.29, 1.82) is 0 Å². The summed E-state index contributed by atoms with van der Waals surface area (Å²) >= 11 is 1.79. The Morgan fingerprint density at radius 1 is 1.14 bits per heavy atom. The van der Waals surface area contributed by atoms with Gasteiger partial charge in [0.1, 0.15) is 5.82 Å². The fourth-order valence-corrected chi connectivity index (χ4v) is 4.08. The molecule has 1 heterocycles. The topological polar surface area (TPSA) is 30.7 Å². The molecule has 0 radical (unpaired) electrons. The van der Waals surface area contributed by atoms with Gasteiger partial charge in [-0.3, -0.25) is 0 Å². The molecule has 1 aromatic carbocycles. The molecular formula is C17H23N3S. The summed E-state index contributed by atoms with van der Waals surface area (Å²) in [4.78, 5) is 0. The Morgan fingerprint density at radius 3 is 2.67 bits per heavy atom. The number of aryl methyl sites for hydroxylation is 1. The van der Waals surface area contributed by atoms with E-state index in [1.807, 2.05) is 0 Å². The first-order valence-corrected chi connectivity index (χ1v) is 8.81. The van der Waals surface area contributed by atoms with Gasteiger partial charge in [-0.15, -0.1) is 10.2 Å². The van der Waals surface area contributed by atoms with E-state index in [0.717, 1.165) is 10.9 Å². The Balaban J connectivity index is 1.69. The molecule has 0 unspecified atom stereocenters. The first kappa shape index (κ1) is 14.6. The van der Waals surface area contributed by atoms with Gasteiger partial charge in [-0.2, -0.15) is 0 Å². The van der Waals surface area contributed by atoms with E-state index in [4.69, 9.17) is 0 Å². The molecule has 0 saturated heterocycles. The second-order valence-corrected chi connectivity index (χ2v) is 6.89. The van der Waals surface area contributed by atoms with E-state index >= 15 is 0 Å². The largest absolute Gasteiger partial charge is 0.309 e. The zero-order chi connectivity index (χ0) is 14.7. The maximum atomic E-state index is 4.47. The fraction of sp³-hybridized carbons (Fsp3) is 0.529.